The molecule has 206 valence electrons. The zero-order chi connectivity index (χ0) is 28.4. The maximum Gasteiger partial charge on any atom is 0.326 e. The number of aromatic nitrogens is 2. The molecule has 0 amide bonds. The maximum atomic E-state index is 14.0. The molecule has 0 spiro atoms. The van der Waals surface area contributed by atoms with Crippen molar-refractivity contribution >= 4 is 32.7 Å². The Labute approximate surface area is 227 Å². The van der Waals surface area contributed by atoms with Gasteiger partial charge in [0.15, 0.2) is 0 Å². The number of rotatable bonds is 9. The smallest absolute Gasteiger partial charge is 0.326 e. The van der Waals surface area contributed by atoms with Crippen LogP contribution in [0.2, 0.25) is 0 Å². The van der Waals surface area contributed by atoms with E-state index in [9.17, 15) is 22.0 Å². The van der Waals surface area contributed by atoms with Crippen molar-refractivity contribution in [2.75, 3.05) is 4.31 Å². The summed E-state index contributed by atoms with van der Waals surface area (Å²) in [5.41, 5.74) is 1.23. The van der Waals surface area contributed by atoms with Gasteiger partial charge < -0.3 is 9.30 Å². The molecular formula is C29H31F2N3O4S. The van der Waals surface area contributed by atoms with Gasteiger partial charge in [-0.3, -0.25) is 9.10 Å². The molecule has 4 rings (SSSR count). The van der Waals surface area contributed by atoms with E-state index in [2.05, 4.69) is 0 Å². The molecule has 0 aliphatic heterocycles. The van der Waals surface area contributed by atoms with Gasteiger partial charge >= 0.3 is 5.97 Å². The minimum atomic E-state index is -4.17. The van der Waals surface area contributed by atoms with Gasteiger partial charge in [-0.15, -0.1) is 0 Å². The Bertz CT molecular complexity index is 1590. The predicted molar refractivity (Wildman–Crippen MR) is 146 cm³/mol. The van der Waals surface area contributed by atoms with Crippen LogP contribution in [0.4, 0.5) is 14.5 Å². The van der Waals surface area contributed by atoms with Gasteiger partial charge in [-0.05, 0) is 87.4 Å². The lowest BCUT2D eigenvalue weighted by Gasteiger charge is -2.25. The first kappa shape index (κ1) is 28.2. The van der Waals surface area contributed by atoms with Crippen molar-refractivity contribution in [2.45, 2.75) is 64.1 Å². The number of fused-ring (bicyclic) bond motifs is 1. The maximum absolute atomic E-state index is 14.0. The number of benzene rings is 3. The molecule has 1 aromatic heterocycles. The molecule has 0 atom stereocenters. The summed E-state index contributed by atoms with van der Waals surface area (Å²) >= 11 is 0. The quantitative estimate of drug-likeness (QED) is 0.237. The summed E-state index contributed by atoms with van der Waals surface area (Å²) in [5, 5.41) is 0. The molecule has 0 aliphatic rings. The molecule has 0 unspecified atom stereocenters. The highest BCUT2D eigenvalue weighted by molar-refractivity contribution is 7.92. The minimum absolute atomic E-state index is 0.0384. The minimum Gasteiger partial charge on any atom is -0.459 e. The van der Waals surface area contributed by atoms with E-state index >= 15 is 0 Å². The first-order valence-electron chi connectivity index (χ1n) is 12.6. The second-order valence-electron chi connectivity index (χ2n) is 10.2. The van der Waals surface area contributed by atoms with Crippen molar-refractivity contribution in [1.82, 2.24) is 9.55 Å². The van der Waals surface area contributed by atoms with E-state index in [1.807, 2.05) is 6.92 Å². The number of esters is 1. The summed E-state index contributed by atoms with van der Waals surface area (Å²) in [7, 11) is -4.17. The van der Waals surface area contributed by atoms with E-state index in [4.69, 9.17) is 9.72 Å². The van der Waals surface area contributed by atoms with Crippen molar-refractivity contribution in [3.05, 3.63) is 89.8 Å². The van der Waals surface area contributed by atoms with E-state index in [0.29, 0.717) is 34.5 Å². The third-order valence-corrected chi connectivity index (χ3v) is 7.68. The largest absolute Gasteiger partial charge is 0.459 e. The molecule has 7 nitrogen and oxygen atoms in total. The average Bonchev–Trinajstić information content (AvgIpc) is 3.17. The Balaban J connectivity index is 1.80. The number of hydrogen-bond donors (Lipinski definition) is 0. The third-order valence-electron chi connectivity index (χ3n) is 5.90. The fraction of sp³-hybridized carbons (Fsp3) is 0.310. The van der Waals surface area contributed by atoms with Crippen LogP contribution in [-0.4, -0.2) is 29.5 Å². The van der Waals surface area contributed by atoms with Crippen molar-refractivity contribution in [2.24, 2.45) is 0 Å². The Kier molecular flexibility index (Phi) is 8.06. The first-order chi connectivity index (χ1) is 18.4. The van der Waals surface area contributed by atoms with Gasteiger partial charge in [0.1, 0.15) is 29.6 Å². The zero-order valence-corrected chi connectivity index (χ0v) is 23.1. The van der Waals surface area contributed by atoms with Gasteiger partial charge in [0, 0.05) is 6.42 Å². The van der Waals surface area contributed by atoms with Crippen molar-refractivity contribution < 1.29 is 26.7 Å². The number of sulfonamides is 1. The number of halogens is 2. The second kappa shape index (κ2) is 11.1. The summed E-state index contributed by atoms with van der Waals surface area (Å²) in [5.74, 6) is -0.790. The van der Waals surface area contributed by atoms with Crippen LogP contribution in [-0.2, 0) is 39.1 Å². The highest BCUT2D eigenvalue weighted by Crippen LogP contribution is 2.30. The topological polar surface area (TPSA) is 81.5 Å². The molecule has 0 N–H and O–H groups in total. The Hall–Kier alpha value is -3.79. The monoisotopic (exact) mass is 555 g/mol. The number of anilines is 1. The van der Waals surface area contributed by atoms with Gasteiger partial charge in [-0.1, -0.05) is 19.1 Å². The molecular weight excluding hydrogens is 524 g/mol. The Morgan fingerprint density at radius 1 is 1.00 bits per heavy atom. The van der Waals surface area contributed by atoms with Crippen LogP contribution >= 0.6 is 0 Å². The average molecular weight is 556 g/mol. The molecule has 39 heavy (non-hydrogen) atoms. The molecule has 0 aliphatic carbocycles. The number of hydrogen-bond acceptors (Lipinski definition) is 5. The van der Waals surface area contributed by atoms with Crippen LogP contribution in [0.1, 0.15) is 45.5 Å². The Morgan fingerprint density at radius 3 is 2.36 bits per heavy atom. The molecule has 10 heteroatoms. The standard InChI is InChI=1S/C29H31F2N3O4S/c1-5-7-27-32-25-17-23(12-15-26(25)33(27)19-28(35)38-29(2,3)4)34(18-20-8-6-9-22(31)16-20)39(36,37)24-13-10-21(30)11-14-24/h6,8-17H,5,7,18-19H2,1-4H3. The van der Waals surface area contributed by atoms with Crippen LogP contribution in [0.25, 0.3) is 11.0 Å². The van der Waals surface area contributed by atoms with E-state index in [1.54, 1.807) is 49.6 Å². The number of ether oxygens (including phenoxy) is 1. The third kappa shape index (κ3) is 6.62. The van der Waals surface area contributed by atoms with Gasteiger partial charge in [0.05, 0.1) is 28.2 Å². The van der Waals surface area contributed by atoms with Crippen molar-refractivity contribution in [1.29, 1.82) is 0 Å². The molecule has 0 saturated heterocycles. The Morgan fingerprint density at radius 2 is 1.72 bits per heavy atom. The summed E-state index contributed by atoms with van der Waals surface area (Å²) < 4.78 is 63.4. The fourth-order valence-corrected chi connectivity index (χ4v) is 5.71. The summed E-state index contributed by atoms with van der Waals surface area (Å²) in [4.78, 5) is 17.2. The van der Waals surface area contributed by atoms with Crippen LogP contribution in [0.5, 0.6) is 0 Å². The van der Waals surface area contributed by atoms with E-state index < -0.39 is 33.2 Å². The SMILES string of the molecule is CCCc1nc2cc(N(Cc3cccc(F)c3)S(=O)(=O)c3ccc(F)cc3)ccc2n1CC(=O)OC(C)(C)C. The molecule has 0 bridgehead atoms. The lowest BCUT2D eigenvalue weighted by Crippen LogP contribution is -2.30. The second-order valence-corrected chi connectivity index (χ2v) is 12.1. The number of imidazole rings is 1. The molecule has 0 radical (unpaired) electrons. The van der Waals surface area contributed by atoms with Gasteiger partial charge in [0.25, 0.3) is 10.0 Å². The van der Waals surface area contributed by atoms with E-state index in [1.165, 1.54) is 30.3 Å². The molecule has 0 fully saturated rings. The normalized spacial score (nSPS) is 12.1. The van der Waals surface area contributed by atoms with Crippen LogP contribution < -0.4 is 4.31 Å². The van der Waals surface area contributed by atoms with Crippen LogP contribution in [0, 0.1) is 11.6 Å². The lowest BCUT2D eigenvalue weighted by atomic mass is 10.2. The summed E-state index contributed by atoms with van der Waals surface area (Å²) in [6, 6.07) is 15.2. The summed E-state index contributed by atoms with van der Waals surface area (Å²) in [6.07, 6.45) is 1.39. The zero-order valence-electron chi connectivity index (χ0n) is 22.3. The fourth-order valence-electron chi connectivity index (χ4n) is 4.27. The van der Waals surface area contributed by atoms with Gasteiger partial charge in [-0.25, -0.2) is 22.2 Å². The molecule has 4 aromatic rings. The highest BCUT2D eigenvalue weighted by atomic mass is 32.2. The lowest BCUT2D eigenvalue weighted by molar-refractivity contribution is -0.155. The van der Waals surface area contributed by atoms with Gasteiger partial charge in [0.2, 0.25) is 0 Å². The van der Waals surface area contributed by atoms with E-state index in [0.717, 1.165) is 22.9 Å². The predicted octanol–water partition coefficient (Wildman–Crippen LogP) is 6.00. The van der Waals surface area contributed by atoms with Crippen molar-refractivity contribution in [3.8, 4) is 0 Å². The highest BCUT2D eigenvalue weighted by Gasteiger charge is 2.27. The van der Waals surface area contributed by atoms with Crippen LogP contribution in [0.15, 0.2) is 71.6 Å². The number of nitrogens with zero attached hydrogens (tertiary/aromatic N) is 3. The first-order valence-corrected chi connectivity index (χ1v) is 14.0. The number of aryl methyl sites for hydroxylation is 1. The molecule has 3 aromatic carbocycles. The van der Waals surface area contributed by atoms with Gasteiger partial charge in [-0.2, -0.15) is 0 Å². The van der Waals surface area contributed by atoms with E-state index in [-0.39, 0.29) is 18.0 Å². The van der Waals surface area contributed by atoms with Crippen LogP contribution in [0.3, 0.4) is 0 Å². The molecule has 1 heterocycles. The summed E-state index contributed by atoms with van der Waals surface area (Å²) in [6.45, 7) is 7.19. The number of carbonyl (C=O) groups excluding carboxylic acids is 1. The number of carbonyl (C=O) groups is 1. The molecule has 0 saturated carbocycles. The van der Waals surface area contributed by atoms with Crippen molar-refractivity contribution in [3.63, 3.8) is 0 Å².